The van der Waals surface area contributed by atoms with Crippen LogP contribution < -0.4 is 5.32 Å². The van der Waals surface area contributed by atoms with Crippen molar-refractivity contribution in [2.24, 2.45) is 5.92 Å². The smallest absolute Gasteiger partial charge is 0.287 e. The molecule has 1 amide bonds. The van der Waals surface area contributed by atoms with E-state index in [2.05, 4.69) is 5.32 Å². The van der Waals surface area contributed by atoms with Crippen molar-refractivity contribution in [1.29, 1.82) is 0 Å². The lowest BCUT2D eigenvalue weighted by molar-refractivity contribution is 0.0914. The molecular weight excluding hydrogens is 290 g/mol. The van der Waals surface area contributed by atoms with Gasteiger partial charge in [0.05, 0.1) is 5.02 Å². The molecule has 4 nitrogen and oxygen atoms in total. The van der Waals surface area contributed by atoms with Gasteiger partial charge in [0.1, 0.15) is 0 Å². The Labute approximate surface area is 127 Å². The normalized spacial score (nSPS) is 21.1. The highest BCUT2D eigenvalue weighted by atomic mass is 35.5. The van der Waals surface area contributed by atoms with E-state index in [0.29, 0.717) is 22.8 Å². The summed E-state index contributed by atoms with van der Waals surface area (Å²) in [5.41, 5.74) is 1.32. The summed E-state index contributed by atoms with van der Waals surface area (Å²) in [5, 5.41) is 13.4. The van der Waals surface area contributed by atoms with Crippen LogP contribution in [0, 0.1) is 12.8 Å². The first-order valence-electron chi connectivity index (χ1n) is 6.88. The Balaban J connectivity index is 1.84. The Morgan fingerprint density at radius 3 is 2.95 bits per heavy atom. The van der Waals surface area contributed by atoms with E-state index in [4.69, 9.17) is 21.1 Å². The zero-order valence-corrected chi connectivity index (χ0v) is 12.4. The molecule has 1 aliphatic carbocycles. The number of rotatable bonds is 3. The monoisotopic (exact) mass is 305 g/mol. The van der Waals surface area contributed by atoms with Crippen molar-refractivity contribution in [3.63, 3.8) is 0 Å². The molecule has 0 aliphatic heterocycles. The summed E-state index contributed by atoms with van der Waals surface area (Å²) in [6, 6.07) is 5.38. The zero-order valence-electron chi connectivity index (χ0n) is 11.6. The van der Waals surface area contributed by atoms with Crippen LogP contribution in [0.4, 0.5) is 0 Å². The molecule has 110 valence electrons. The number of aliphatic hydroxyl groups is 1. The lowest BCUT2D eigenvalue weighted by Crippen LogP contribution is -2.33. The summed E-state index contributed by atoms with van der Waals surface area (Å²) >= 11 is 6.09. The predicted molar refractivity (Wildman–Crippen MR) is 81.5 cm³/mol. The SMILES string of the molecule is Cc1c(C(=O)N[C@@H]2C=C[C@H](CO)C2)oc2c(Cl)cccc12. The summed E-state index contributed by atoms with van der Waals surface area (Å²) in [5.74, 6) is 0.147. The van der Waals surface area contributed by atoms with Gasteiger partial charge in [-0.1, -0.05) is 35.9 Å². The summed E-state index contributed by atoms with van der Waals surface area (Å²) in [4.78, 5) is 12.4. The van der Waals surface area contributed by atoms with Gasteiger partial charge in [-0.3, -0.25) is 4.79 Å². The van der Waals surface area contributed by atoms with E-state index in [0.717, 1.165) is 10.9 Å². The van der Waals surface area contributed by atoms with Crippen LogP contribution in [0.15, 0.2) is 34.8 Å². The lowest BCUT2D eigenvalue weighted by Gasteiger charge is -2.11. The second-order valence-corrected chi connectivity index (χ2v) is 5.72. The van der Waals surface area contributed by atoms with Crippen molar-refractivity contribution in [2.75, 3.05) is 6.61 Å². The molecule has 1 aromatic carbocycles. The van der Waals surface area contributed by atoms with Gasteiger partial charge in [0.2, 0.25) is 0 Å². The molecule has 2 N–H and O–H groups in total. The molecule has 1 heterocycles. The van der Waals surface area contributed by atoms with E-state index in [1.54, 1.807) is 6.07 Å². The summed E-state index contributed by atoms with van der Waals surface area (Å²) in [6.45, 7) is 1.94. The number of nitrogens with one attached hydrogen (secondary N) is 1. The Bertz CT molecular complexity index is 720. The molecule has 0 radical (unpaired) electrons. The van der Waals surface area contributed by atoms with Crippen LogP contribution in [0.1, 0.15) is 22.5 Å². The standard InChI is InChI=1S/C16H16ClNO3/c1-9-12-3-2-4-13(17)15(12)21-14(9)16(20)18-11-6-5-10(7-11)8-19/h2-6,10-11,19H,7-8H2,1H3,(H,18,20)/t10-,11+/m0/s1. The maximum atomic E-state index is 12.4. The Morgan fingerprint density at radius 1 is 1.48 bits per heavy atom. The molecule has 1 aromatic heterocycles. The molecule has 2 aromatic rings. The number of halogens is 1. The molecule has 0 spiro atoms. The number of aryl methyl sites for hydroxylation is 1. The van der Waals surface area contributed by atoms with E-state index < -0.39 is 0 Å². The number of amides is 1. The van der Waals surface area contributed by atoms with Crippen molar-refractivity contribution >= 4 is 28.5 Å². The van der Waals surface area contributed by atoms with Crippen LogP contribution in [0.3, 0.4) is 0 Å². The van der Waals surface area contributed by atoms with Crippen molar-refractivity contribution in [3.05, 3.63) is 46.7 Å². The average Bonchev–Trinajstić information content (AvgIpc) is 3.05. The van der Waals surface area contributed by atoms with E-state index in [-0.39, 0.29) is 24.5 Å². The molecule has 3 rings (SSSR count). The second kappa shape index (κ2) is 5.54. The van der Waals surface area contributed by atoms with E-state index in [1.807, 2.05) is 31.2 Å². The topological polar surface area (TPSA) is 62.5 Å². The van der Waals surface area contributed by atoms with Gasteiger partial charge in [-0.2, -0.15) is 0 Å². The first-order valence-corrected chi connectivity index (χ1v) is 7.25. The number of hydrogen-bond acceptors (Lipinski definition) is 3. The minimum absolute atomic E-state index is 0.0715. The molecule has 5 heteroatoms. The van der Waals surface area contributed by atoms with Gasteiger partial charge in [-0.05, 0) is 19.4 Å². The van der Waals surface area contributed by atoms with Crippen molar-refractivity contribution in [2.45, 2.75) is 19.4 Å². The van der Waals surface area contributed by atoms with Gasteiger partial charge < -0.3 is 14.8 Å². The number of furan rings is 1. The quantitative estimate of drug-likeness (QED) is 0.857. The van der Waals surface area contributed by atoms with Gasteiger partial charge in [0.15, 0.2) is 11.3 Å². The third-order valence-electron chi connectivity index (χ3n) is 3.85. The van der Waals surface area contributed by atoms with Gasteiger partial charge in [0, 0.05) is 29.5 Å². The first kappa shape index (κ1) is 14.2. The molecule has 0 fully saturated rings. The number of para-hydroxylation sites is 1. The highest BCUT2D eigenvalue weighted by Crippen LogP contribution is 2.30. The van der Waals surface area contributed by atoms with Gasteiger partial charge in [0.25, 0.3) is 5.91 Å². The number of fused-ring (bicyclic) bond motifs is 1. The highest BCUT2D eigenvalue weighted by Gasteiger charge is 2.24. The fraction of sp³-hybridized carbons (Fsp3) is 0.312. The van der Waals surface area contributed by atoms with Gasteiger partial charge in [-0.25, -0.2) is 0 Å². The Hall–Kier alpha value is -1.78. The molecule has 0 saturated carbocycles. The minimum atomic E-state index is -0.256. The second-order valence-electron chi connectivity index (χ2n) is 5.32. The molecule has 0 saturated heterocycles. The van der Waals surface area contributed by atoms with Crippen LogP contribution in [0.25, 0.3) is 11.0 Å². The maximum absolute atomic E-state index is 12.4. The first-order chi connectivity index (χ1) is 10.1. The molecule has 1 aliphatic rings. The number of hydrogen-bond donors (Lipinski definition) is 2. The fourth-order valence-corrected chi connectivity index (χ4v) is 2.89. The number of benzene rings is 1. The van der Waals surface area contributed by atoms with E-state index >= 15 is 0 Å². The Kier molecular flexibility index (Phi) is 3.74. The molecule has 21 heavy (non-hydrogen) atoms. The van der Waals surface area contributed by atoms with Crippen LogP contribution in [0.2, 0.25) is 5.02 Å². The van der Waals surface area contributed by atoms with E-state index in [1.165, 1.54) is 0 Å². The van der Waals surface area contributed by atoms with Crippen LogP contribution in [-0.2, 0) is 0 Å². The van der Waals surface area contributed by atoms with Crippen molar-refractivity contribution < 1.29 is 14.3 Å². The maximum Gasteiger partial charge on any atom is 0.287 e. The molecular formula is C16H16ClNO3. The molecule has 0 unspecified atom stereocenters. The predicted octanol–water partition coefficient (Wildman–Crippen LogP) is 3.06. The average molecular weight is 306 g/mol. The number of carbonyl (C=O) groups is 1. The summed E-state index contributed by atoms with van der Waals surface area (Å²) in [6.07, 6.45) is 4.54. The fourth-order valence-electron chi connectivity index (χ4n) is 2.68. The van der Waals surface area contributed by atoms with Crippen molar-refractivity contribution in [1.82, 2.24) is 5.32 Å². The van der Waals surface area contributed by atoms with Crippen LogP contribution >= 0.6 is 11.6 Å². The minimum Gasteiger partial charge on any atom is -0.449 e. The lowest BCUT2D eigenvalue weighted by atomic mass is 10.1. The number of aliphatic hydroxyl groups excluding tert-OH is 1. The van der Waals surface area contributed by atoms with Crippen LogP contribution in [-0.4, -0.2) is 23.7 Å². The van der Waals surface area contributed by atoms with Gasteiger partial charge >= 0.3 is 0 Å². The highest BCUT2D eigenvalue weighted by molar-refractivity contribution is 6.35. The molecule has 2 atom stereocenters. The number of carbonyl (C=O) groups excluding carboxylic acids is 1. The summed E-state index contributed by atoms with van der Waals surface area (Å²) in [7, 11) is 0. The van der Waals surface area contributed by atoms with Gasteiger partial charge in [-0.15, -0.1) is 0 Å². The largest absolute Gasteiger partial charge is 0.449 e. The third kappa shape index (κ3) is 2.57. The zero-order chi connectivity index (χ0) is 15.0. The van der Waals surface area contributed by atoms with Crippen LogP contribution in [0.5, 0.6) is 0 Å². The van der Waals surface area contributed by atoms with E-state index in [9.17, 15) is 4.79 Å². The third-order valence-corrected chi connectivity index (χ3v) is 4.14. The Morgan fingerprint density at radius 2 is 2.29 bits per heavy atom. The summed E-state index contributed by atoms with van der Waals surface area (Å²) < 4.78 is 5.64. The molecule has 0 bridgehead atoms. The van der Waals surface area contributed by atoms with Crippen molar-refractivity contribution in [3.8, 4) is 0 Å².